The fourth-order valence-electron chi connectivity index (χ4n) is 3.48. The van der Waals surface area contributed by atoms with Gasteiger partial charge in [0.1, 0.15) is 0 Å². The lowest BCUT2D eigenvalue weighted by Crippen LogP contribution is -2.48. The van der Waals surface area contributed by atoms with Gasteiger partial charge < -0.3 is 0 Å². The number of nitrogens with zero attached hydrogens (tertiary/aromatic N) is 1. The van der Waals surface area contributed by atoms with Crippen molar-refractivity contribution in [1.82, 2.24) is 4.90 Å². The van der Waals surface area contributed by atoms with Crippen LogP contribution in [0.4, 0.5) is 0 Å². The standard InChI is InChI=1S/C15H21NS/c1-3-8-15(9-4-1,14-7-12-17-13-14)16-10-5-2-6-11-16/h2,5,7,12-13H,1,3-4,6,8-11H2. The highest BCUT2D eigenvalue weighted by Gasteiger charge is 2.39. The van der Waals surface area contributed by atoms with Crippen LogP contribution in [-0.4, -0.2) is 18.0 Å². The van der Waals surface area contributed by atoms with E-state index in [0.717, 1.165) is 6.54 Å². The Hall–Kier alpha value is -0.600. The van der Waals surface area contributed by atoms with Gasteiger partial charge in [-0.1, -0.05) is 31.4 Å². The van der Waals surface area contributed by atoms with Gasteiger partial charge in [0.25, 0.3) is 0 Å². The summed E-state index contributed by atoms with van der Waals surface area (Å²) in [5, 5.41) is 4.62. The monoisotopic (exact) mass is 247 g/mol. The van der Waals surface area contributed by atoms with Gasteiger partial charge in [-0.2, -0.15) is 11.3 Å². The maximum absolute atomic E-state index is 2.73. The number of rotatable bonds is 2. The molecule has 1 fully saturated rings. The molecule has 0 amide bonds. The molecule has 1 nitrogen and oxygen atoms in total. The lowest BCUT2D eigenvalue weighted by Gasteiger charge is -2.47. The van der Waals surface area contributed by atoms with Crippen molar-refractivity contribution in [2.45, 2.75) is 44.1 Å². The van der Waals surface area contributed by atoms with Crippen LogP contribution in [0.5, 0.6) is 0 Å². The molecule has 0 spiro atoms. The van der Waals surface area contributed by atoms with Gasteiger partial charge in [-0.25, -0.2) is 0 Å². The zero-order chi connectivity index (χ0) is 11.6. The Bertz CT molecular complexity index is 374. The second kappa shape index (κ2) is 4.95. The van der Waals surface area contributed by atoms with Crippen LogP contribution in [0.2, 0.25) is 0 Å². The Balaban J connectivity index is 1.92. The van der Waals surface area contributed by atoms with Crippen LogP contribution in [0.25, 0.3) is 0 Å². The fraction of sp³-hybridized carbons (Fsp3) is 0.600. The first kappa shape index (κ1) is 11.5. The minimum atomic E-state index is 0.364. The average molecular weight is 247 g/mol. The highest BCUT2D eigenvalue weighted by atomic mass is 32.1. The molecule has 3 rings (SSSR count). The van der Waals surface area contributed by atoms with E-state index in [2.05, 4.69) is 33.9 Å². The van der Waals surface area contributed by atoms with Crippen LogP contribution >= 0.6 is 11.3 Å². The van der Waals surface area contributed by atoms with Gasteiger partial charge in [-0.3, -0.25) is 4.90 Å². The second-order valence-corrected chi connectivity index (χ2v) is 6.09. The molecule has 92 valence electrons. The maximum atomic E-state index is 2.73. The van der Waals surface area contributed by atoms with Crippen molar-refractivity contribution >= 4 is 11.3 Å². The predicted molar refractivity (Wildman–Crippen MR) is 74.4 cm³/mol. The second-order valence-electron chi connectivity index (χ2n) is 5.31. The predicted octanol–water partition coefficient (Wildman–Crippen LogP) is 4.17. The SMILES string of the molecule is C1=CCN(C2(c3ccsc3)CCCCC2)CC1. The zero-order valence-corrected chi connectivity index (χ0v) is 11.2. The molecular formula is C15H21NS. The normalized spacial score (nSPS) is 24.9. The molecule has 0 N–H and O–H groups in total. The summed E-state index contributed by atoms with van der Waals surface area (Å²) in [7, 11) is 0. The Morgan fingerprint density at radius 1 is 1.12 bits per heavy atom. The number of hydrogen-bond donors (Lipinski definition) is 0. The molecule has 1 aromatic rings. The van der Waals surface area contributed by atoms with E-state index in [1.807, 2.05) is 11.3 Å². The summed E-state index contributed by atoms with van der Waals surface area (Å²) in [5.74, 6) is 0. The molecule has 1 saturated carbocycles. The van der Waals surface area contributed by atoms with E-state index in [0.29, 0.717) is 5.54 Å². The Labute approximate surface area is 108 Å². The van der Waals surface area contributed by atoms with Crippen molar-refractivity contribution in [3.05, 3.63) is 34.5 Å². The molecule has 0 bridgehead atoms. The topological polar surface area (TPSA) is 3.24 Å². The molecule has 2 aliphatic rings. The Kier molecular flexibility index (Phi) is 3.34. The lowest BCUT2D eigenvalue weighted by molar-refractivity contribution is 0.0562. The van der Waals surface area contributed by atoms with E-state index in [-0.39, 0.29) is 0 Å². The van der Waals surface area contributed by atoms with Gasteiger partial charge in [0.05, 0.1) is 0 Å². The van der Waals surface area contributed by atoms with Crippen LogP contribution in [-0.2, 0) is 5.54 Å². The summed E-state index contributed by atoms with van der Waals surface area (Å²) in [5.41, 5.74) is 1.95. The largest absolute Gasteiger partial charge is 0.290 e. The maximum Gasteiger partial charge on any atom is 0.0472 e. The van der Waals surface area contributed by atoms with E-state index in [1.165, 1.54) is 45.1 Å². The van der Waals surface area contributed by atoms with Crippen LogP contribution in [0.1, 0.15) is 44.1 Å². The third-order valence-corrected chi connectivity index (χ3v) is 5.09. The van der Waals surface area contributed by atoms with Crippen molar-refractivity contribution < 1.29 is 0 Å². The Morgan fingerprint density at radius 3 is 2.65 bits per heavy atom. The van der Waals surface area contributed by atoms with Crippen molar-refractivity contribution in [3.63, 3.8) is 0 Å². The lowest BCUT2D eigenvalue weighted by atomic mass is 9.76. The highest BCUT2D eigenvalue weighted by molar-refractivity contribution is 7.08. The van der Waals surface area contributed by atoms with Crippen LogP contribution in [0, 0.1) is 0 Å². The summed E-state index contributed by atoms with van der Waals surface area (Å²) >= 11 is 1.85. The molecule has 0 aromatic carbocycles. The smallest absolute Gasteiger partial charge is 0.0472 e. The average Bonchev–Trinajstić information content (AvgIpc) is 2.95. The van der Waals surface area contributed by atoms with Gasteiger partial charge in [-0.15, -0.1) is 0 Å². The third kappa shape index (κ3) is 2.09. The fourth-order valence-corrected chi connectivity index (χ4v) is 4.23. The summed E-state index contributed by atoms with van der Waals surface area (Å²) < 4.78 is 0. The van der Waals surface area contributed by atoms with Gasteiger partial charge in [0.2, 0.25) is 0 Å². The summed E-state index contributed by atoms with van der Waals surface area (Å²) in [6.45, 7) is 2.39. The van der Waals surface area contributed by atoms with Gasteiger partial charge in [0.15, 0.2) is 0 Å². The first-order chi connectivity index (χ1) is 8.42. The van der Waals surface area contributed by atoms with Crippen molar-refractivity contribution in [2.75, 3.05) is 13.1 Å². The van der Waals surface area contributed by atoms with Crippen molar-refractivity contribution in [3.8, 4) is 0 Å². The molecule has 1 aromatic heterocycles. The molecule has 0 atom stereocenters. The molecule has 0 saturated heterocycles. The van der Waals surface area contributed by atoms with Crippen molar-refractivity contribution in [2.24, 2.45) is 0 Å². The van der Waals surface area contributed by atoms with Gasteiger partial charge in [-0.05, 0) is 41.7 Å². The summed E-state index contributed by atoms with van der Waals surface area (Å²) in [6, 6.07) is 2.36. The van der Waals surface area contributed by atoms with E-state index in [4.69, 9.17) is 0 Å². The molecule has 1 aliphatic heterocycles. The van der Waals surface area contributed by atoms with E-state index < -0.39 is 0 Å². The zero-order valence-electron chi connectivity index (χ0n) is 10.4. The van der Waals surface area contributed by atoms with Crippen LogP contribution in [0.3, 0.4) is 0 Å². The van der Waals surface area contributed by atoms with E-state index in [1.54, 1.807) is 5.56 Å². The highest BCUT2D eigenvalue weighted by Crippen LogP contribution is 2.43. The van der Waals surface area contributed by atoms with Crippen molar-refractivity contribution in [1.29, 1.82) is 0 Å². The van der Waals surface area contributed by atoms with E-state index in [9.17, 15) is 0 Å². The van der Waals surface area contributed by atoms with Crippen LogP contribution in [0.15, 0.2) is 29.0 Å². The quantitative estimate of drug-likeness (QED) is 0.709. The molecule has 0 unspecified atom stereocenters. The minimum absolute atomic E-state index is 0.364. The summed E-state index contributed by atoms with van der Waals surface area (Å²) in [4.78, 5) is 2.73. The van der Waals surface area contributed by atoms with E-state index >= 15 is 0 Å². The van der Waals surface area contributed by atoms with Gasteiger partial charge in [0, 0.05) is 18.6 Å². The molecule has 2 heteroatoms. The molecule has 17 heavy (non-hydrogen) atoms. The minimum Gasteiger partial charge on any atom is -0.290 e. The molecule has 2 heterocycles. The molecule has 1 aliphatic carbocycles. The first-order valence-electron chi connectivity index (χ1n) is 6.85. The van der Waals surface area contributed by atoms with Crippen LogP contribution < -0.4 is 0 Å². The number of thiophene rings is 1. The third-order valence-electron chi connectivity index (χ3n) is 4.40. The first-order valence-corrected chi connectivity index (χ1v) is 7.79. The van der Waals surface area contributed by atoms with Gasteiger partial charge >= 0.3 is 0 Å². The number of hydrogen-bond acceptors (Lipinski definition) is 2. The summed E-state index contributed by atoms with van der Waals surface area (Å²) in [6.07, 6.45) is 12.9. The molecule has 0 radical (unpaired) electrons. The molecular weight excluding hydrogens is 226 g/mol. The Morgan fingerprint density at radius 2 is 2.00 bits per heavy atom.